The standard InChI is InChI=1S/C19H26N6O3/c1-19(2,3)28-18(27)25-10-6-8-14(12-25)17(26)20-15-9-5-7-13(11-15)16-21-22-23-24(16)4/h5,7,9,11,14H,6,8,10,12H2,1-4H3,(H,20,26)/t14-/m1/s1. The minimum atomic E-state index is -0.554. The molecule has 2 aromatic rings. The Morgan fingerprint density at radius 3 is 2.75 bits per heavy atom. The van der Waals surface area contributed by atoms with Crippen LogP contribution in [0, 0.1) is 5.92 Å². The van der Waals surface area contributed by atoms with Gasteiger partial charge in [0.2, 0.25) is 5.91 Å². The third kappa shape index (κ3) is 4.85. The molecule has 1 aliphatic heterocycles. The van der Waals surface area contributed by atoms with Crippen molar-refractivity contribution in [2.45, 2.75) is 39.2 Å². The molecule has 2 amide bonds. The number of carbonyl (C=O) groups excluding carboxylic acids is 2. The van der Waals surface area contributed by atoms with Crippen LogP contribution in [-0.2, 0) is 16.6 Å². The zero-order valence-electron chi connectivity index (χ0n) is 16.7. The van der Waals surface area contributed by atoms with Crippen molar-refractivity contribution in [1.82, 2.24) is 25.1 Å². The van der Waals surface area contributed by atoms with E-state index in [0.717, 1.165) is 18.4 Å². The van der Waals surface area contributed by atoms with Crippen LogP contribution in [0.1, 0.15) is 33.6 Å². The smallest absolute Gasteiger partial charge is 0.410 e. The lowest BCUT2D eigenvalue weighted by molar-refractivity contribution is -0.121. The molecule has 1 saturated heterocycles. The van der Waals surface area contributed by atoms with Gasteiger partial charge in [-0.2, -0.15) is 0 Å². The molecule has 3 rings (SSSR count). The minimum absolute atomic E-state index is 0.110. The maximum atomic E-state index is 12.8. The first-order valence-corrected chi connectivity index (χ1v) is 9.34. The monoisotopic (exact) mass is 386 g/mol. The Kier molecular flexibility index (Phi) is 5.62. The average Bonchev–Trinajstić information content (AvgIpc) is 3.06. The van der Waals surface area contributed by atoms with E-state index in [1.54, 1.807) is 16.6 Å². The van der Waals surface area contributed by atoms with Crippen molar-refractivity contribution in [3.63, 3.8) is 0 Å². The highest BCUT2D eigenvalue weighted by atomic mass is 16.6. The van der Waals surface area contributed by atoms with Crippen molar-refractivity contribution in [3.05, 3.63) is 24.3 Å². The molecule has 0 bridgehead atoms. The molecule has 0 spiro atoms. The SMILES string of the molecule is Cn1nnnc1-c1cccc(NC(=O)[C@@H]2CCCN(C(=O)OC(C)(C)C)C2)c1. The molecule has 0 unspecified atom stereocenters. The van der Waals surface area contributed by atoms with Gasteiger partial charge in [0.15, 0.2) is 5.82 Å². The number of hydrogen-bond donors (Lipinski definition) is 1. The molecule has 0 radical (unpaired) electrons. The fourth-order valence-corrected chi connectivity index (χ4v) is 3.14. The topological polar surface area (TPSA) is 102 Å². The molecule has 1 fully saturated rings. The normalized spacial score (nSPS) is 17.3. The van der Waals surface area contributed by atoms with Crippen LogP contribution >= 0.6 is 0 Å². The van der Waals surface area contributed by atoms with Crippen LogP contribution in [0.2, 0.25) is 0 Å². The summed E-state index contributed by atoms with van der Waals surface area (Å²) in [7, 11) is 1.76. The molecule has 1 atom stereocenters. The third-order valence-electron chi connectivity index (χ3n) is 4.45. The third-order valence-corrected chi connectivity index (χ3v) is 4.45. The van der Waals surface area contributed by atoms with Gasteiger partial charge in [0.1, 0.15) is 5.60 Å². The molecular formula is C19H26N6O3. The summed E-state index contributed by atoms with van der Waals surface area (Å²) in [6.45, 7) is 6.46. The first-order valence-electron chi connectivity index (χ1n) is 9.34. The van der Waals surface area contributed by atoms with E-state index in [2.05, 4.69) is 20.8 Å². The van der Waals surface area contributed by atoms with Crippen molar-refractivity contribution in [2.75, 3.05) is 18.4 Å². The molecule has 28 heavy (non-hydrogen) atoms. The molecule has 1 aromatic carbocycles. The lowest BCUT2D eigenvalue weighted by Gasteiger charge is -2.33. The number of likely N-dealkylation sites (tertiary alicyclic amines) is 1. The highest BCUT2D eigenvalue weighted by Crippen LogP contribution is 2.23. The van der Waals surface area contributed by atoms with E-state index in [1.165, 1.54) is 0 Å². The second-order valence-corrected chi connectivity index (χ2v) is 7.96. The fraction of sp³-hybridized carbons (Fsp3) is 0.526. The zero-order valence-corrected chi connectivity index (χ0v) is 16.7. The van der Waals surface area contributed by atoms with Gasteiger partial charge in [-0.25, -0.2) is 9.48 Å². The Balaban J connectivity index is 1.65. The van der Waals surface area contributed by atoms with Crippen molar-refractivity contribution in [2.24, 2.45) is 13.0 Å². The van der Waals surface area contributed by atoms with E-state index >= 15 is 0 Å². The molecule has 2 heterocycles. The predicted octanol–water partition coefficient (Wildman–Crippen LogP) is 2.46. The largest absolute Gasteiger partial charge is 0.444 e. The van der Waals surface area contributed by atoms with Crippen LogP contribution in [0.25, 0.3) is 11.4 Å². The molecule has 9 nitrogen and oxygen atoms in total. The van der Waals surface area contributed by atoms with E-state index < -0.39 is 5.60 Å². The van der Waals surface area contributed by atoms with Crippen LogP contribution in [0.15, 0.2) is 24.3 Å². The van der Waals surface area contributed by atoms with Gasteiger partial charge in [-0.05, 0) is 56.2 Å². The fourth-order valence-electron chi connectivity index (χ4n) is 3.14. The Labute approximate surface area is 164 Å². The molecule has 0 saturated carbocycles. The Bertz CT molecular complexity index is 857. The number of hydrogen-bond acceptors (Lipinski definition) is 6. The quantitative estimate of drug-likeness (QED) is 0.869. The number of carbonyl (C=O) groups is 2. The van der Waals surface area contributed by atoms with Crippen molar-refractivity contribution in [1.29, 1.82) is 0 Å². The van der Waals surface area contributed by atoms with Crippen LogP contribution in [0.4, 0.5) is 10.5 Å². The predicted molar refractivity (Wildman–Crippen MR) is 103 cm³/mol. The number of piperidine rings is 1. The number of tetrazole rings is 1. The summed E-state index contributed by atoms with van der Waals surface area (Å²) < 4.78 is 7.00. The van der Waals surface area contributed by atoms with Gasteiger partial charge >= 0.3 is 6.09 Å². The van der Waals surface area contributed by atoms with E-state index in [1.807, 2.05) is 45.0 Å². The maximum absolute atomic E-state index is 12.8. The number of aromatic nitrogens is 4. The lowest BCUT2D eigenvalue weighted by Crippen LogP contribution is -2.45. The number of amides is 2. The van der Waals surface area contributed by atoms with Gasteiger partial charge in [0.05, 0.1) is 5.92 Å². The summed E-state index contributed by atoms with van der Waals surface area (Å²) >= 11 is 0. The van der Waals surface area contributed by atoms with Crippen molar-refractivity contribution < 1.29 is 14.3 Å². The zero-order chi connectivity index (χ0) is 20.3. The summed E-state index contributed by atoms with van der Waals surface area (Å²) in [5.41, 5.74) is 0.922. The van der Waals surface area contributed by atoms with Gasteiger partial charge in [-0.3, -0.25) is 4.79 Å². The van der Waals surface area contributed by atoms with Crippen LogP contribution in [0.3, 0.4) is 0 Å². The summed E-state index contributed by atoms with van der Waals surface area (Å²) in [6, 6.07) is 7.37. The lowest BCUT2D eigenvalue weighted by atomic mass is 9.97. The first-order chi connectivity index (χ1) is 13.2. The molecule has 1 N–H and O–H groups in total. The Morgan fingerprint density at radius 1 is 1.29 bits per heavy atom. The van der Waals surface area contributed by atoms with Crippen LogP contribution in [-0.4, -0.2) is 55.8 Å². The molecule has 0 aliphatic carbocycles. The summed E-state index contributed by atoms with van der Waals surface area (Å²) in [4.78, 5) is 26.7. The van der Waals surface area contributed by atoms with Crippen molar-refractivity contribution >= 4 is 17.7 Å². The highest BCUT2D eigenvalue weighted by Gasteiger charge is 2.31. The van der Waals surface area contributed by atoms with Gasteiger partial charge < -0.3 is 15.0 Å². The van der Waals surface area contributed by atoms with E-state index in [-0.39, 0.29) is 17.9 Å². The Morgan fingerprint density at radius 2 is 2.07 bits per heavy atom. The molecular weight excluding hydrogens is 360 g/mol. The number of nitrogens with one attached hydrogen (secondary N) is 1. The highest BCUT2D eigenvalue weighted by molar-refractivity contribution is 5.93. The van der Waals surface area contributed by atoms with E-state index in [0.29, 0.717) is 24.6 Å². The number of anilines is 1. The van der Waals surface area contributed by atoms with E-state index in [4.69, 9.17) is 4.74 Å². The van der Waals surface area contributed by atoms with Gasteiger partial charge in [0.25, 0.3) is 0 Å². The summed E-state index contributed by atoms with van der Waals surface area (Å²) in [5.74, 6) is 0.229. The van der Waals surface area contributed by atoms with Gasteiger partial charge in [0, 0.05) is 31.4 Å². The number of rotatable bonds is 3. The number of benzene rings is 1. The van der Waals surface area contributed by atoms with Crippen molar-refractivity contribution in [3.8, 4) is 11.4 Å². The number of aryl methyl sites for hydroxylation is 1. The number of ether oxygens (including phenoxy) is 1. The summed E-state index contributed by atoms with van der Waals surface area (Å²) in [6.07, 6.45) is 1.13. The molecule has 150 valence electrons. The molecule has 1 aromatic heterocycles. The number of nitrogens with zero attached hydrogens (tertiary/aromatic N) is 5. The first kappa shape index (κ1) is 19.8. The van der Waals surface area contributed by atoms with E-state index in [9.17, 15) is 9.59 Å². The Hall–Kier alpha value is -2.97. The average molecular weight is 386 g/mol. The molecule has 1 aliphatic rings. The summed E-state index contributed by atoms with van der Waals surface area (Å²) in [5, 5.41) is 14.4. The van der Waals surface area contributed by atoms with Crippen LogP contribution < -0.4 is 5.32 Å². The van der Waals surface area contributed by atoms with Gasteiger partial charge in [-0.15, -0.1) is 5.10 Å². The van der Waals surface area contributed by atoms with Crippen LogP contribution in [0.5, 0.6) is 0 Å². The second-order valence-electron chi connectivity index (χ2n) is 7.96. The maximum Gasteiger partial charge on any atom is 0.410 e. The minimum Gasteiger partial charge on any atom is -0.444 e. The second kappa shape index (κ2) is 7.95. The van der Waals surface area contributed by atoms with Gasteiger partial charge in [-0.1, -0.05) is 12.1 Å². The molecule has 9 heteroatoms.